The van der Waals surface area contributed by atoms with Gasteiger partial charge in [0, 0.05) is 18.3 Å². The van der Waals surface area contributed by atoms with Crippen LogP contribution in [0.2, 0.25) is 0 Å². The monoisotopic (exact) mass is 276 g/mol. The van der Waals surface area contributed by atoms with Crippen LogP contribution >= 0.6 is 0 Å². The molecule has 1 fully saturated rings. The highest BCUT2D eigenvalue weighted by atomic mass is 16.4. The zero-order valence-corrected chi connectivity index (χ0v) is 12.6. The lowest BCUT2D eigenvalue weighted by molar-refractivity contribution is 0.0696. The normalized spacial score (nSPS) is 14.6. The minimum atomic E-state index is -0.869. The zero-order valence-electron chi connectivity index (χ0n) is 12.6. The summed E-state index contributed by atoms with van der Waals surface area (Å²) >= 11 is 0. The minimum absolute atomic E-state index is 0.354. The molecule has 4 heteroatoms. The van der Waals surface area contributed by atoms with E-state index in [-0.39, 0.29) is 0 Å². The molecule has 0 amide bonds. The van der Waals surface area contributed by atoms with Gasteiger partial charge < -0.3 is 10.0 Å². The Kier molecular flexibility index (Phi) is 4.63. The van der Waals surface area contributed by atoms with Crippen LogP contribution < -0.4 is 4.90 Å². The first-order valence-electron chi connectivity index (χ1n) is 7.52. The van der Waals surface area contributed by atoms with Gasteiger partial charge in [0.1, 0.15) is 5.82 Å². The first-order valence-corrected chi connectivity index (χ1v) is 7.52. The number of carboxylic acids is 1. The molecule has 0 unspecified atom stereocenters. The molecule has 0 bridgehead atoms. The Bertz CT molecular complexity index is 481. The van der Waals surface area contributed by atoms with Crippen molar-refractivity contribution in [3.05, 3.63) is 23.4 Å². The van der Waals surface area contributed by atoms with E-state index in [0.717, 1.165) is 30.9 Å². The Morgan fingerprint density at radius 1 is 1.45 bits per heavy atom. The molecule has 0 aromatic carbocycles. The molecule has 1 aromatic rings. The van der Waals surface area contributed by atoms with Gasteiger partial charge in [0.2, 0.25) is 0 Å². The van der Waals surface area contributed by atoms with Gasteiger partial charge in [0.15, 0.2) is 0 Å². The van der Waals surface area contributed by atoms with Gasteiger partial charge >= 0.3 is 5.97 Å². The number of nitrogens with zero attached hydrogens (tertiary/aromatic N) is 2. The van der Waals surface area contributed by atoms with Gasteiger partial charge in [-0.3, -0.25) is 0 Å². The molecule has 0 radical (unpaired) electrons. The average molecular weight is 276 g/mol. The summed E-state index contributed by atoms with van der Waals surface area (Å²) in [7, 11) is 0. The highest BCUT2D eigenvalue weighted by Crippen LogP contribution is 2.32. The molecule has 0 aliphatic heterocycles. The van der Waals surface area contributed by atoms with Crippen molar-refractivity contribution in [1.82, 2.24) is 4.98 Å². The van der Waals surface area contributed by atoms with Crippen LogP contribution in [0.25, 0.3) is 0 Å². The maximum Gasteiger partial charge on any atom is 0.335 e. The zero-order chi connectivity index (χ0) is 14.7. The maximum atomic E-state index is 11.3. The largest absolute Gasteiger partial charge is 0.478 e. The van der Waals surface area contributed by atoms with Crippen molar-refractivity contribution in [1.29, 1.82) is 0 Å². The number of aryl methyl sites for hydroxylation is 1. The first kappa shape index (κ1) is 14.8. The number of hydrogen-bond donors (Lipinski definition) is 1. The lowest BCUT2D eigenvalue weighted by Crippen LogP contribution is -2.31. The van der Waals surface area contributed by atoms with Crippen LogP contribution in [0, 0.1) is 5.92 Å². The molecule has 0 atom stereocenters. The van der Waals surface area contributed by atoms with Gasteiger partial charge in [-0.1, -0.05) is 27.2 Å². The second kappa shape index (κ2) is 6.25. The van der Waals surface area contributed by atoms with E-state index < -0.39 is 5.97 Å². The summed E-state index contributed by atoms with van der Waals surface area (Å²) < 4.78 is 0. The van der Waals surface area contributed by atoms with Crippen molar-refractivity contribution in [2.75, 3.05) is 11.4 Å². The molecule has 1 N–H and O–H groups in total. The van der Waals surface area contributed by atoms with Crippen LogP contribution in [-0.4, -0.2) is 28.6 Å². The minimum Gasteiger partial charge on any atom is -0.478 e. The van der Waals surface area contributed by atoms with Gasteiger partial charge in [-0.15, -0.1) is 0 Å². The molecule has 2 rings (SSSR count). The fourth-order valence-corrected chi connectivity index (χ4v) is 2.44. The first-order chi connectivity index (χ1) is 9.51. The Morgan fingerprint density at radius 3 is 2.65 bits per heavy atom. The number of anilines is 1. The van der Waals surface area contributed by atoms with Crippen molar-refractivity contribution in [2.24, 2.45) is 5.92 Å². The molecular formula is C16H24N2O2. The molecule has 0 saturated heterocycles. The molecular weight excluding hydrogens is 252 g/mol. The second-order valence-corrected chi connectivity index (χ2v) is 6.04. The molecule has 1 heterocycles. The Morgan fingerprint density at radius 2 is 2.15 bits per heavy atom. The van der Waals surface area contributed by atoms with Crippen molar-refractivity contribution < 1.29 is 9.90 Å². The maximum absolute atomic E-state index is 11.3. The number of carbonyl (C=O) groups is 1. The molecule has 1 aliphatic carbocycles. The Hall–Kier alpha value is -1.58. The molecule has 1 aromatic heterocycles. The predicted molar refractivity (Wildman–Crippen MR) is 80.4 cm³/mol. The number of pyridine rings is 1. The van der Waals surface area contributed by atoms with Gasteiger partial charge in [0.05, 0.1) is 5.56 Å². The summed E-state index contributed by atoms with van der Waals surface area (Å²) in [6, 6.07) is 3.97. The highest BCUT2D eigenvalue weighted by molar-refractivity contribution is 5.88. The van der Waals surface area contributed by atoms with Crippen LogP contribution in [0.15, 0.2) is 12.1 Å². The third-order valence-corrected chi connectivity index (χ3v) is 3.46. The van der Waals surface area contributed by atoms with Crippen molar-refractivity contribution in [3.63, 3.8) is 0 Å². The Labute approximate surface area is 120 Å². The standard InChI is InChI=1S/C16H24N2O2/c1-4-5-13-8-12(16(19)20)9-15(17-13)18(10-11(2)3)14-6-7-14/h8-9,11,14H,4-7,10H2,1-3H3,(H,19,20). The molecule has 1 aliphatic rings. The molecule has 110 valence electrons. The third kappa shape index (κ3) is 3.71. The number of hydrogen-bond acceptors (Lipinski definition) is 3. The quantitative estimate of drug-likeness (QED) is 0.829. The van der Waals surface area contributed by atoms with E-state index in [1.807, 2.05) is 0 Å². The van der Waals surface area contributed by atoms with Gasteiger partial charge in [-0.05, 0) is 37.3 Å². The number of aromatic carboxylic acids is 1. The van der Waals surface area contributed by atoms with Gasteiger partial charge in [-0.25, -0.2) is 9.78 Å². The van der Waals surface area contributed by atoms with E-state index in [2.05, 4.69) is 30.7 Å². The molecule has 20 heavy (non-hydrogen) atoms. The van der Waals surface area contributed by atoms with Crippen LogP contribution in [-0.2, 0) is 6.42 Å². The topological polar surface area (TPSA) is 53.4 Å². The average Bonchev–Trinajstić information content (AvgIpc) is 3.20. The third-order valence-electron chi connectivity index (χ3n) is 3.46. The van der Waals surface area contributed by atoms with E-state index in [1.54, 1.807) is 12.1 Å². The summed E-state index contributed by atoms with van der Waals surface area (Å²) in [5.74, 6) is 0.511. The molecule has 0 spiro atoms. The fraction of sp³-hybridized carbons (Fsp3) is 0.625. The van der Waals surface area contributed by atoms with E-state index in [4.69, 9.17) is 0 Å². The number of carboxylic acid groups (broad SMARTS) is 1. The summed E-state index contributed by atoms with van der Waals surface area (Å²) in [6.45, 7) is 7.39. The smallest absolute Gasteiger partial charge is 0.335 e. The van der Waals surface area contributed by atoms with E-state index in [0.29, 0.717) is 17.5 Å². The highest BCUT2D eigenvalue weighted by Gasteiger charge is 2.31. The molecule has 4 nitrogen and oxygen atoms in total. The number of aromatic nitrogens is 1. The van der Waals surface area contributed by atoms with E-state index >= 15 is 0 Å². The SMILES string of the molecule is CCCc1cc(C(=O)O)cc(N(CC(C)C)C2CC2)n1. The summed E-state index contributed by atoms with van der Waals surface area (Å²) in [4.78, 5) is 18.3. The lowest BCUT2D eigenvalue weighted by Gasteiger charge is -2.26. The van der Waals surface area contributed by atoms with Crippen LogP contribution in [0.5, 0.6) is 0 Å². The van der Waals surface area contributed by atoms with E-state index in [1.165, 1.54) is 12.8 Å². The van der Waals surface area contributed by atoms with E-state index in [9.17, 15) is 9.90 Å². The van der Waals surface area contributed by atoms with Gasteiger partial charge in [-0.2, -0.15) is 0 Å². The van der Waals surface area contributed by atoms with Crippen molar-refractivity contribution in [2.45, 2.75) is 52.5 Å². The summed E-state index contributed by atoms with van der Waals surface area (Å²) in [5, 5.41) is 9.27. The predicted octanol–water partition coefficient (Wildman–Crippen LogP) is 3.36. The lowest BCUT2D eigenvalue weighted by atomic mass is 10.1. The fourth-order valence-electron chi connectivity index (χ4n) is 2.44. The summed E-state index contributed by atoms with van der Waals surface area (Å²) in [6.07, 6.45) is 4.18. The number of rotatable bonds is 7. The van der Waals surface area contributed by atoms with Crippen molar-refractivity contribution in [3.8, 4) is 0 Å². The van der Waals surface area contributed by atoms with Crippen molar-refractivity contribution >= 4 is 11.8 Å². The summed E-state index contributed by atoms with van der Waals surface area (Å²) in [5.41, 5.74) is 1.24. The van der Waals surface area contributed by atoms with Gasteiger partial charge in [0.25, 0.3) is 0 Å². The van der Waals surface area contributed by atoms with Crippen LogP contribution in [0.3, 0.4) is 0 Å². The Balaban J connectivity index is 2.33. The molecule has 1 saturated carbocycles. The van der Waals surface area contributed by atoms with Crippen LogP contribution in [0.1, 0.15) is 56.1 Å². The van der Waals surface area contributed by atoms with Crippen LogP contribution in [0.4, 0.5) is 5.82 Å². The second-order valence-electron chi connectivity index (χ2n) is 6.04.